The number of nitrogens with zero attached hydrogens (tertiary/aromatic N) is 3. The number of hydrogen-bond acceptors (Lipinski definition) is 5. The van der Waals surface area contributed by atoms with Crippen LogP contribution in [0.3, 0.4) is 0 Å². The Hall–Kier alpha value is -3.29. The number of aryl methyl sites for hydroxylation is 1. The van der Waals surface area contributed by atoms with E-state index in [-0.39, 0.29) is 11.5 Å². The molecule has 0 aliphatic carbocycles. The fourth-order valence-corrected chi connectivity index (χ4v) is 2.55. The first-order chi connectivity index (χ1) is 12.8. The lowest BCUT2D eigenvalue weighted by atomic mass is 10.1. The number of amides is 1. The molecule has 2 rings (SSSR count). The fraction of sp³-hybridized carbons (Fsp3) is 0.316. The minimum absolute atomic E-state index is 0.253. The summed E-state index contributed by atoms with van der Waals surface area (Å²) in [7, 11) is 7.71. The highest BCUT2D eigenvalue weighted by atomic mass is 16.5. The van der Waals surface area contributed by atoms with E-state index in [4.69, 9.17) is 9.47 Å². The molecule has 0 saturated carbocycles. The zero-order valence-corrected chi connectivity index (χ0v) is 16.1. The molecule has 0 aliphatic heterocycles. The van der Waals surface area contributed by atoms with Gasteiger partial charge in [0.2, 0.25) is 5.91 Å². The van der Waals surface area contributed by atoms with E-state index in [1.807, 2.05) is 6.07 Å². The molecule has 0 aliphatic rings. The molecule has 0 N–H and O–H groups in total. The number of carbonyl (C=O) groups is 1. The van der Waals surface area contributed by atoms with E-state index in [0.717, 1.165) is 10.1 Å². The standard InChI is InChI=1S/C19H23N3O5/c1-20(11-13-6-8-15(26-4)10-16(13)27-5)17(23)9-7-14-12-21(2)19(25)22(3)18(14)24/h6-10,12H,11H2,1-5H3/b9-7-. The van der Waals surface area contributed by atoms with Gasteiger partial charge in [-0.3, -0.25) is 14.2 Å². The molecule has 1 aromatic carbocycles. The highest BCUT2D eigenvalue weighted by Crippen LogP contribution is 2.25. The predicted octanol–water partition coefficient (Wildman–Crippen LogP) is 0.773. The molecular formula is C19H23N3O5. The van der Waals surface area contributed by atoms with Crippen molar-refractivity contribution in [2.24, 2.45) is 14.1 Å². The maximum absolute atomic E-state index is 12.4. The lowest BCUT2D eigenvalue weighted by molar-refractivity contribution is -0.125. The third-order valence-corrected chi connectivity index (χ3v) is 4.16. The van der Waals surface area contributed by atoms with E-state index in [0.29, 0.717) is 18.0 Å². The van der Waals surface area contributed by atoms with Crippen molar-refractivity contribution in [1.82, 2.24) is 14.0 Å². The zero-order chi connectivity index (χ0) is 20.1. The van der Waals surface area contributed by atoms with Gasteiger partial charge in [-0.05, 0) is 18.2 Å². The highest BCUT2D eigenvalue weighted by Gasteiger charge is 2.11. The number of aromatic nitrogens is 2. The lowest BCUT2D eigenvalue weighted by Crippen LogP contribution is -2.37. The Balaban J connectivity index is 2.18. The van der Waals surface area contributed by atoms with Crippen LogP contribution in [0.5, 0.6) is 11.5 Å². The Kier molecular flexibility index (Phi) is 6.23. The smallest absolute Gasteiger partial charge is 0.330 e. The van der Waals surface area contributed by atoms with E-state index >= 15 is 0 Å². The number of benzene rings is 1. The Morgan fingerprint density at radius 1 is 1.19 bits per heavy atom. The second-order valence-corrected chi connectivity index (χ2v) is 6.05. The van der Waals surface area contributed by atoms with Crippen LogP contribution in [0.4, 0.5) is 0 Å². The van der Waals surface area contributed by atoms with Gasteiger partial charge in [0, 0.05) is 51.6 Å². The van der Waals surface area contributed by atoms with Crippen LogP contribution >= 0.6 is 0 Å². The summed E-state index contributed by atoms with van der Waals surface area (Å²) in [5, 5.41) is 0. The van der Waals surface area contributed by atoms with Gasteiger partial charge >= 0.3 is 5.69 Å². The molecule has 0 saturated heterocycles. The molecule has 8 heteroatoms. The quantitative estimate of drug-likeness (QED) is 0.699. The third kappa shape index (κ3) is 4.46. The summed E-state index contributed by atoms with van der Waals surface area (Å²) in [6.07, 6.45) is 4.12. The second kappa shape index (κ2) is 8.39. The topological polar surface area (TPSA) is 82.8 Å². The number of methoxy groups -OCH3 is 2. The van der Waals surface area contributed by atoms with E-state index < -0.39 is 11.2 Å². The van der Waals surface area contributed by atoms with Gasteiger partial charge in [-0.1, -0.05) is 0 Å². The maximum atomic E-state index is 12.4. The summed E-state index contributed by atoms with van der Waals surface area (Å²) in [5.41, 5.74) is 0.192. The van der Waals surface area contributed by atoms with Crippen LogP contribution in [0.2, 0.25) is 0 Å². The third-order valence-electron chi connectivity index (χ3n) is 4.16. The van der Waals surface area contributed by atoms with Crippen LogP contribution in [-0.4, -0.2) is 41.2 Å². The summed E-state index contributed by atoms with van der Waals surface area (Å²) in [5.74, 6) is 0.990. The predicted molar refractivity (Wildman–Crippen MR) is 102 cm³/mol. The molecule has 27 heavy (non-hydrogen) atoms. The van der Waals surface area contributed by atoms with Crippen LogP contribution in [0.1, 0.15) is 11.1 Å². The normalized spacial score (nSPS) is 10.9. The Morgan fingerprint density at radius 3 is 2.52 bits per heavy atom. The summed E-state index contributed by atoms with van der Waals surface area (Å²) in [4.78, 5) is 37.7. The number of ether oxygens (including phenoxy) is 2. The second-order valence-electron chi connectivity index (χ2n) is 6.05. The minimum atomic E-state index is -0.457. The van der Waals surface area contributed by atoms with Gasteiger partial charge in [0.1, 0.15) is 11.5 Å². The highest BCUT2D eigenvalue weighted by molar-refractivity contribution is 5.91. The largest absolute Gasteiger partial charge is 0.497 e. The van der Waals surface area contributed by atoms with Crippen molar-refractivity contribution < 1.29 is 14.3 Å². The molecule has 0 fully saturated rings. The van der Waals surface area contributed by atoms with E-state index in [1.165, 1.54) is 34.9 Å². The monoisotopic (exact) mass is 373 g/mol. The molecule has 1 aromatic heterocycles. The molecule has 144 valence electrons. The summed E-state index contributed by atoms with van der Waals surface area (Å²) in [6.45, 7) is 0.321. The van der Waals surface area contributed by atoms with Crippen molar-refractivity contribution in [3.63, 3.8) is 0 Å². The van der Waals surface area contributed by atoms with Crippen molar-refractivity contribution in [2.75, 3.05) is 21.3 Å². The first-order valence-electron chi connectivity index (χ1n) is 8.19. The van der Waals surface area contributed by atoms with Crippen LogP contribution in [0, 0.1) is 0 Å². The lowest BCUT2D eigenvalue weighted by Gasteiger charge is -2.17. The molecule has 2 aromatic rings. The van der Waals surface area contributed by atoms with Gasteiger partial charge in [0.25, 0.3) is 5.56 Å². The molecule has 0 atom stereocenters. The first-order valence-corrected chi connectivity index (χ1v) is 8.19. The SMILES string of the molecule is COc1ccc(CN(C)C(=O)/C=C\c2cn(C)c(=O)n(C)c2=O)c(OC)c1. The van der Waals surface area contributed by atoms with Crippen molar-refractivity contribution in [2.45, 2.75) is 6.54 Å². The van der Waals surface area contributed by atoms with Gasteiger partial charge in [-0.2, -0.15) is 0 Å². The Labute approximate surface area is 156 Å². The van der Waals surface area contributed by atoms with Crippen LogP contribution in [0.15, 0.2) is 40.1 Å². The molecule has 0 unspecified atom stereocenters. The fourth-order valence-electron chi connectivity index (χ4n) is 2.55. The van der Waals surface area contributed by atoms with E-state index in [9.17, 15) is 14.4 Å². The first kappa shape index (κ1) is 20.0. The molecule has 1 amide bonds. The minimum Gasteiger partial charge on any atom is -0.497 e. The molecule has 0 bridgehead atoms. The van der Waals surface area contributed by atoms with Crippen molar-refractivity contribution in [1.29, 1.82) is 0 Å². The van der Waals surface area contributed by atoms with Gasteiger partial charge in [0.15, 0.2) is 0 Å². The molecule has 0 radical (unpaired) electrons. The van der Waals surface area contributed by atoms with Gasteiger partial charge in [-0.25, -0.2) is 4.79 Å². The van der Waals surface area contributed by atoms with Crippen molar-refractivity contribution in [3.8, 4) is 11.5 Å². The van der Waals surface area contributed by atoms with E-state index in [1.54, 1.807) is 40.4 Å². The number of rotatable bonds is 6. The van der Waals surface area contributed by atoms with E-state index in [2.05, 4.69) is 0 Å². The van der Waals surface area contributed by atoms with Crippen LogP contribution in [0.25, 0.3) is 6.08 Å². The maximum Gasteiger partial charge on any atom is 0.330 e. The van der Waals surface area contributed by atoms with Gasteiger partial charge in [0.05, 0.1) is 19.8 Å². The average Bonchev–Trinajstić information content (AvgIpc) is 2.67. The Bertz CT molecular complexity index is 988. The molecule has 1 heterocycles. The zero-order valence-electron chi connectivity index (χ0n) is 16.1. The molecular weight excluding hydrogens is 350 g/mol. The van der Waals surface area contributed by atoms with Gasteiger partial charge < -0.3 is 18.9 Å². The van der Waals surface area contributed by atoms with Crippen LogP contribution < -0.4 is 20.7 Å². The number of carbonyl (C=O) groups excluding carboxylic acids is 1. The van der Waals surface area contributed by atoms with Crippen molar-refractivity contribution in [3.05, 3.63) is 62.4 Å². The van der Waals surface area contributed by atoms with Crippen LogP contribution in [-0.2, 0) is 25.4 Å². The molecule has 0 spiro atoms. The Morgan fingerprint density at radius 2 is 1.89 bits per heavy atom. The van der Waals surface area contributed by atoms with Crippen molar-refractivity contribution >= 4 is 12.0 Å². The number of likely N-dealkylation sites (N-methyl/N-ethyl adjacent to an activating group) is 1. The summed E-state index contributed by atoms with van der Waals surface area (Å²) >= 11 is 0. The van der Waals surface area contributed by atoms with Gasteiger partial charge in [-0.15, -0.1) is 0 Å². The summed E-state index contributed by atoms with van der Waals surface area (Å²) < 4.78 is 12.8. The number of hydrogen-bond donors (Lipinski definition) is 0. The molecule has 8 nitrogen and oxygen atoms in total. The average molecular weight is 373 g/mol. The summed E-state index contributed by atoms with van der Waals surface area (Å²) in [6, 6.07) is 5.37.